The van der Waals surface area contributed by atoms with Crippen LogP contribution < -0.4 is 0 Å². The Labute approximate surface area is 106 Å². The van der Waals surface area contributed by atoms with E-state index in [1.165, 1.54) is 12.6 Å². The van der Waals surface area contributed by atoms with E-state index in [0.29, 0.717) is 5.76 Å². The predicted octanol–water partition coefficient (Wildman–Crippen LogP) is 1.73. The summed E-state index contributed by atoms with van der Waals surface area (Å²) >= 11 is 0. The van der Waals surface area contributed by atoms with E-state index in [1.54, 1.807) is 6.07 Å². The fraction of sp³-hybridized carbons (Fsp3) is 0.0909. The number of aromatic nitrogens is 4. The summed E-state index contributed by atoms with van der Waals surface area (Å²) in [5.74, 6) is -0.402. The van der Waals surface area contributed by atoms with Crippen molar-refractivity contribution in [3.63, 3.8) is 0 Å². The van der Waals surface area contributed by atoms with Gasteiger partial charge >= 0.3 is 5.97 Å². The van der Waals surface area contributed by atoms with Crippen LogP contribution in [-0.4, -0.2) is 31.2 Å². The molecule has 3 heterocycles. The van der Waals surface area contributed by atoms with Gasteiger partial charge in [-0.1, -0.05) is 5.16 Å². The lowest BCUT2D eigenvalue weighted by molar-refractivity contribution is 0.0691. The average Bonchev–Trinajstić information content (AvgIpc) is 3.06. The van der Waals surface area contributed by atoms with Crippen LogP contribution in [0, 0.1) is 6.92 Å². The molecule has 2 N–H and O–H groups in total. The monoisotopic (exact) mass is 260 g/mol. The van der Waals surface area contributed by atoms with E-state index >= 15 is 0 Å². The molecule has 3 rings (SSSR count). The van der Waals surface area contributed by atoms with Gasteiger partial charge < -0.3 is 19.0 Å². The lowest BCUT2D eigenvalue weighted by Gasteiger charge is -1.90. The molecule has 0 unspecified atom stereocenters. The molecule has 0 radical (unpaired) electrons. The standard InChI is InChI=1S/C11H8N4O4/c1-5-2-3-18-8(5)9-14-10(19-15-9)6-7(11(16)17)13-4-12-6/h2-4H,1H3,(H,12,13)(H,16,17). The van der Waals surface area contributed by atoms with Crippen molar-refractivity contribution in [2.75, 3.05) is 0 Å². The molecule has 8 nitrogen and oxygen atoms in total. The Morgan fingerprint density at radius 1 is 1.47 bits per heavy atom. The second-order valence-corrected chi connectivity index (χ2v) is 3.79. The van der Waals surface area contributed by atoms with Crippen LogP contribution in [0.15, 0.2) is 27.6 Å². The first-order valence-corrected chi connectivity index (χ1v) is 5.32. The minimum Gasteiger partial charge on any atom is -0.476 e. The molecule has 3 aromatic rings. The Balaban J connectivity index is 2.04. The smallest absolute Gasteiger partial charge is 0.356 e. The molecule has 0 atom stereocenters. The average molecular weight is 260 g/mol. The number of nitrogens with one attached hydrogen (secondary N) is 1. The second-order valence-electron chi connectivity index (χ2n) is 3.79. The van der Waals surface area contributed by atoms with E-state index in [2.05, 4.69) is 20.1 Å². The number of aromatic amines is 1. The predicted molar refractivity (Wildman–Crippen MR) is 61.3 cm³/mol. The van der Waals surface area contributed by atoms with Crippen molar-refractivity contribution in [3.8, 4) is 23.2 Å². The molecule has 0 fully saturated rings. The molecular formula is C11H8N4O4. The fourth-order valence-electron chi connectivity index (χ4n) is 1.64. The summed E-state index contributed by atoms with van der Waals surface area (Å²) in [6.45, 7) is 1.84. The van der Waals surface area contributed by atoms with Crippen LogP contribution in [0.25, 0.3) is 23.2 Å². The SMILES string of the molecule is Cc1ccoc1-c1noc(-c2[nH]cnc2C(=O)O)n1. The minimum absolute atomic E-state index is 0.0423. The van der Waals surface area contributed by atoms with Crippen LogP contribution >= 0.6 is 0 Å². The molecule has 0 saturated heterocycles. The second kappa shape index (κ2) is 4.09. The van der Waals surface area contributed by atoms with Gasteiger partial charge in [0.25, 0.3) is 5.89 Å². The van der Waals surface area contributed by atoms with Gasteiger partial charge in [0, 0.05) is 0 Å². The molecule has 96 valence electrons. The number of aryl methyl sites for hydroxylation is 1. The van der Waals surface area contributed by atoms with Gasteiger partial charge in [-0.3, -0.25) is 0 Å². The molecular weight excluding hydrogens is 252 g/mol. The number of carboxylic acids is 1. The Hall–Kier alpha value is -2.90. The van der Waals surface area contributed by atoms with Crippen molar-refractivity contribution in [3.05, 3.63) is 29.9 Å². The molecule has 0 spiro atoms. The number of carbonyl (C=O) groups is 1. The number of furan rings is 1. The fourth-order valence-corrected chi connectivity index (χ4v) is 1.64. The molecule has 0 aromatic carbocycles. The van der Waals surface area contributed by atoms with Crippen molar-refractivity contribution in [1.82, 2.24) is 20.1 Å². The number of hydrogen-bond donors (Lipinski definition) is 2. The maximum atomic E-state index is 11.0. The van der Waals surface area contributed by atoms with Crippen molar-refractivity contribution < 1.29 is 18.8 Å². The first-order chi connectivity index (χ1) is 9.16. The van der Waals surface area contributed by atoms with E-state index in [0.717, 1.165) is 5.56 Å². The van der Waals surface area contributed by atoms with Crippen LogP contribution in [0.4, 0.5) is 0 Å². The third-order valence-corrected chi connectivity index (χ3v) is 2.55. The van der Waals surface area contributed by atoms with Crippen LogP contribution in [0.3, 0.4) is 0 Å². The number of hydrogen-bond acceptors (Lipinski definition) is 6. The highest BCUT2D eigenvalue weighted by atomic mass is 16.5. The number of carboxylic acid groups (broad SMARTS) is 1. The molecule has 0 aliphatic carbocycles. The number of H-pyrrole nitrogens is 1. The lowest BCUT2D eigenvalue weighted by Crippen LogP contribution is -1.99. The number of aromatic carboxylic acids is 1. The zero-order valence-electron chi connectivity index (χ0n) is 9.75. The first kappa shape index (κ1) is 11.2. The highest BCUT2D eigenvalue weighted by molar-refractivity contribution is 5.91. The van der Waals surface area contributed by atoms with Gasteiger partial charge in [-0.15, -0.1) is 0 Å². The zero-order chi connectivity index (χ0) is 13.4. The summed E-state index contributed by atoms with van der Waals surface area (Å²) < 4.78 is 10.3. The highest BCUT2D eigenvalue weighted by Gasteiger charge is 2.21. The Morgan fingerprint density at radius 3 is 3.00 bits per heavy atom. The summed E-state index contributed by atoms with van der Waals surface area (Å²) in [5, 5.41) is 12.7. The third-order valence-electron chi connectivity index (χ3n) is 2.55. The topological polar surface area (TPSA) is 118 Å². The van der Waals surface area contributed by atoms with Crippen molar-refractivity contribution in [2.24, 2.45) is 0 Å². The highest BCUT2D eigenvalue weighted by Crippen LogP contribution is 2.25. The van der Waals surface area contributed by atoms with Gasteiger partial charge in [-0.05, 0) is 18.6 Å². The van der Waals surface area contributed by atoms with Crippen molar-refractivity contribution in [2.45, 2.75) is 6.92 Å². The van der Waals surface area contributed by atoms with E-state index in [1.807, 2.05) is 6.92 Å². The van der Waals surface area contributed by atoms with Crippen LogP contribution in [0.1, 0.15) is 16.1 Å². The lowest BCUT2D eigenvalue weighted by atomic mass is 10.3. The molecule has 0 aliphatic rings. The van der Waals surface area contributed by atoms with Gasteiger partial charge in [0.1, 0.15) is 5.69 Å². The van der Waals surface area contributed by atoms with Crippen molar-refractivity contribution in [1.29, 1.82) is 0 Å². The molecule has 0 bridgehead atoms. The van der Waals surface area contributed by atoms with Crippen molar-refractivity contribution >= 4 is 5.97 Å². The summed E-state index contributed by atoms with van der Waals surface area (Å²) in [6.07, 6.45) is 2.76. The van der Waals surface area contributed by atoms with Gasteiger partial charge in [-0.25, -0.2) is 9.78 Å². The molecule has 0 amide bonds. The minimum atomic E-state index is -1.18. The van der Waals surface area contributed by atoms with Gasteiger partial charge in [0.15, 0.2) is 11.5 Å². The Kier molecular flexibility index (Phi) is 2.41. The number of nitrogens with zero attached hydrogens (tertiary/aromatic N) is 3. The number of imidazole rings is 1. The van der Waals surface area contributed by atoms with E-state index in [-0.39, 0.29) is 23.1 Å². The van der Waals surface area contributed by atoms with E-state index in [4.69, 9.17) is 14.0 Å². The first-order valence-electron chi connectivity index (χ1n) is 5.32. The molecule has 0 saturated carbocycles. The zero-order valence-corrected chi connectivity index (χ0v) is 9.75. The van der Waals surface area contributed by atoms with Gasteiger partial charge in [0.05, 0.1) is 12.6 Å². The molecule has 19 heavy (non-hydrogen) atoms. The van der Waals surface area contributed by atoms with Gasteiger partial charge in [-0.2, -0.15) is 4.98 Å². The largest absolute Gasteiger partial charge is 0.476 e. The van der Waals surface area contributed by atoms with Crippen LogP contribution in [0.2, 0.25) is 0 Å². The molecule has 0 aliphatic heterocycles. The van der Waals surface area contributed by atoms with E-state index in [9.17, 15) is 4.79 Å². The molecule has 3 aromatic heterocycles. The molecule has 8 heteroatoms. The van der Waals surface area contributed by atoms with Crippen LogP contribution in [-0.2, 0) is 0 Å². The summed E-state index contributed by atoms with van der Waals surface area (Å²) in [5.41, 5.74) is 0.845. The Bertz CT molecular complexity index is 739. The summed E-state index contributed by atoms with van der Waals surface area (Å²) in [6, 6.07) is 1.77. The van der Waals surface area contributed by atoms with E-state index < -0.39 is 5.97 Å². The van der Waals surface area contributed by atoms with Gasteiger partial charge in [0.2, 0.25) is 5.82 Å². The maximum absolute atomic E-state index is 11.0. The maximum Gasteiger partial charge on any atom is 0.356 e. The number of rotatable bonds is 3. The Morgan fingerprint density at radius 2 is 2.32 bits per heavy atom. The quantitative estimate of drug-likeness (QED) is 0.735. The third kappa shape index (κ3) is 1.79. The summed E-state index contributed by atoms with van der Waals surface area (Å²) in [4.78, 5) is 21.4. The van der Waals surface area contributed by atoms with Crippen LogP contribution in [0.5, 0.6) is 0 Å². The normalized spacial score (nSPS) is 10.8. The summed E-state index contributed by atoms with van der Waals surface area (Å²) in [7, 11) is 0.